The van der Waals surface area contributed by atoms with E-state index in [1.807, 2.05) is 0 Å². The molecule has 5 nitrogen and oxygen atoms in total. The van der Waals surface area contributed by atoms with Crippen molar-refractivity contribution in [3.63, 3.8) is 0 Å². The molecule has 1 rings (SSSR count). The summed E-state index contributed by atoms with van der Waals surface area (Å²) >= 11 is 0. The number of alkyl halides is 2. The Labute approximate surface area is 102 Å². The third kappa shape index (κ3) is 3.47. The van der Waals surface area contributed by atoms with Crippen LogP contribution in [0.4, 0.5) is 8.78 Å². The molecule has 1 unspecified atom stereocenters. The molecule has 0 heterocycles. The third-order valence-corrected chi connectivity index (χ3v) is 2.53. The standard InChI is InChI=1S/C10H10F2O5S/c1-18(15,16)17-8(10(11,12)9(13)14)7-5-3-2-4-6-7/h2-6,8H,1H3,(H,13,14). The Morgan fingerprint density at radius 1 is 1.33 bits per heavy atom. The molecule has 18 heavy (non-hydrogen) atoms. The lowest BCUT2D eigenvalue weighted by Crippen LogP contribution is -2.38. The van der Waals surface area contributed by atoms with E-state index in [4.69, 9.17) is 5.11 Å². The Morgan fingerprint density at radius 3 is 2.22 bits per heavy atom. The van der Waals surface area contributed by atoms with E-state index in [1.165, 1.54) is 18.2 Å². The summed E-state index contributed by atoms with van der Waals surface area (Å²) in [6.07, 6.45) is -1.83. The molecule has 0 amide bonds. The van der Waals surface area contributed by atoms with Gasteiger partial charge in [0.1, 0.15) is 0 Å². The molecular formula is C10H10F2O5S. The molecule has 1 aromatic rings. The van der Waals surface area contributed by atoms with Gasteiger partial charge in [0.2, 0.25) is 0 Å². The third-order valence-electron chi connectivity index (χ3n) is 1.99. The number of carboxylic acid groups (broad SMARTS) is 1. The molecule has 0 saturated heterocycles. The Bertz CT molecular complexity index is 526. The first-order valence-corrected chi connectivity index (χ1v) is 6.50. The highest BCUT2D eigenvalue weighted by Crippen LogP contribution is 2.35. The molecule has 0 aliphatic heterocycles. The Balaban J connectivity index is 3.24. The van der Waals surface area contributed by atoms with Gasteiger partial charge in [-0.05, 0) is 5.56 Å². The lowest BCUT2D eigenvalue weighted by molar-refractivity contribution is -0.179. The van der Waals surface area contributed by atoms with Crippen molar-refractivity contribution >= 4 is 16.1 Å². The van der Waals surface area contributed by atoms with Gasteiger partial charge in [0, 0.05) is 0 Å². The summed E-state index contributed by atoms with van der Waals surface area (Å²) in [7, 11) is -4.23. The van der Waals surface area contributed by atoms with Crippen molar-refractivity contribution in [2.45, 2.75) is 12.0 Å². The van der Waals surface area contributed by atoms with Crippen LogP contribution in [0.5, 0.6) is 0 Å². The zero-order valence-corrected chi connectivity index (χ0v) is 10.0. The van der Waals surface area contributed by atoms with Gasteiger partial charge < -0.3 is 5.11 Å². The SMILES string of the molecule is CS(=O)(=O)OC(c1ccccc1)C(F)(F)C(=O)O. The highest BCUT2D eigenvalue weighted by Gasteiger charge is 2.51. The van der Waals surface area contributed by atoms with Crippen LogP contribution in [-0.2, 0) is 19.1 Å². The number of hydrogen-bond acceptors (Lipinski definition) is 4. The van der Waals surface area contributed by atoms with Crippen LogP contribution in [0.15, 0.2) is 30.3 Å². The second-order valence-electron chi connectivity index (χ2n) is 3.52. The summed E-state index contributed by atoms with van der Waals surface area (Å²) in [6, 6.07) is 6.57. The first-order valence-electron chi connectivity index (χ1n) is 4.69. The molecule has 0 saturated carbocycles. The number of benzene rings is 1. The molecule has 1 atom stereocenters. The smallest absolute Gasteiger partial charge is 0.377 e. The Morgan fingerprint density at radius 2 is 1.83 bits per heavy atom. The summed E-state index contributed by atoms with van der Waals surface area (Å²) in [6.45, 7) is 0. The highest BCUT2D eigenvalue weighted by atomic mass is 32.2. The first-order chi connectivity index (χ1) is 8.14. The molecule has 0 radical (unpaired) electrons. The maximum atomic E-state index is 13.4. The van der Waals surface area contributed by atoms with Crippen LogP contribution in [0, 0.1) is 0 Å². The van der Waals surface area contributed by atoms with Gasteiger partial charge in [0.15, 0.2) is 6.10 Å². The van der Waals surface area contributed by atoms with Crippen LogP contribution in [-0.4, -0.2) is 31.7 Å². The fourth-order valence-corrected chi connectivity index (χ4v) is 1.82. The molecular weight excluding hydrogens is 270 g/mol. The molecule has 100 valence electrons. The first kappa shape index (κ1) is 14.5. The van der Waals surface area contributed by atoms with Crippen molar-refractivity contribution in [3.05, 3.63) is 35.9 Å². The Kier molecular flexibility index (Phi) is 4.02. The van der Waals surface area contributed by atoms with E-state index < -0.39 is 28.1 Å². The van der Waals surface area contributed by atoms with Gasteiger partial charge in [-0.3, -0.25) is 4.18 Å². The van der Waals surface area contributed by atoms with Gasteiger partial charge in [-0.1, -0.05) is 30.3 Å². The van der Waals surface area contributed by atoms with Crippen LogP contribution in [0.3, 0.4) is 0 Å². The fourth-order valence-electron chi connectivity index (χ4n) is 1.24. The van der Waals surface area contributed by atoms with E-state index in [9.17, 15) is 22.0 Å². The van der Waals surface area contributed by atoms with Crippen LogP contribution in [0.2, 0.25) is 0 Å². The number of hydrogen-bond donors (Lipinski definition) is 1. The Hall–Kier alpha value is -1.54. The minimum absolute atomic E-state index is 0.240. The molecule has 0 spiro atoms. The molecule has 8 heteroatoms. The number of halogens is 2. The van der Waals surface area contributed by atoms with Crippen molar-refractivity contribution in [3.8, 4) is 0 Å². The van der Waals surface area contributed by atoms with Crippen LogP contribution >= 0.6 is 0 Å². The van der Waals surface area contributed by atoms with Gasteiger partial charge in [-0.15, -0.1) is 0 Å². The van der Waals surface area contributed by atoms with Crippen LogP contribution in [0.25, 0.3) is 0 Å². The molecule has 0 aromatic heterocycles. The minimum atomic E-state index is -4.36. The quantitative estimate of drug-likeness (QED) is 0.825. The van der Waals surface area contributed by atoms with Gasteiger partial charge >= 0.3 is 11.9 Å². The summed E-state index contributed by atoms with van der Waals surface area (Å²) in [5, 5.41) is 8.45. The van der Waals surface area contributed by atoms with E-state index in [2.05, 4.69) is 4.18 Å². The number of rotatable bonds is 5. The summed E-state index contributed by atoms with van der Waals surface area (Å²) in [5.74, 6) is -6.82. The largest absolute Gasteiger partial charge is 0.477 e. The van der Waals surface area contributed by atoms with Crippen molar-refractivity contribution in [1.29, 1.82) is 0 Å². The molecule has 0 aliphatic carbocycles. The summed E-state index contributed by atoms with van der Waals surface area (Å²) in [5.41, 5.74) is -0.240. The van der Waals surface area contributed by atoms with Gasteiger partial charge in [-0.2, -0.15) is 17.2 Å². The number of carbonyl (C=O) groups is 1. The number of aliphatic carboxylic acids is 1. The van der Waals surface area contributed by atoms with Crippen LogP contribution in [0.1, 0.15) is 11.7 Å². The predicted octanol–water partition coefficient (Wildman–Crippen LogP) is 1.42. The average Bonchev–Trinajstić information content (AvgIpc) is 2.25. The second kappa shape index (κ2) is 4.99. The van der Waals surface area contributed by atoms with Gasteiger partial charge in [0.05, 0.1) is 6.26 Å². The van der Waals surface area contributed by atoms with E-state index >= 15 is 0 Å². The van der Waals surface area contributed by atoms with Crippen molar-refractivity contribution in [1.82, 2.24) is 0 Å². The van der Waals surface area contributed by atoms with Gasteiger partial charge in [-0.25, -0.2) is 4.79 Å². The maximum Gasteiger partial charge on any atom is 0.377 e. The number of carboxylic acids is 1. The fraction of sp³-hybridized carbons (Fsp3) is 0.300. The van der Waals surface area contributed by atoms with E-state index in [0.29, 0.717) is 6.26 Å². The van der Waals surface area contributed by atoms with Crippen molar-refractivity contribution < 1.29 is 31.3 Å². The highest BCUT2D eigenvalue weighted by molar-refractivity contribution is 7.86. The van der Waals surface area contributed by atoms with E-state index in [-0.39, 0.29) is 5.56 Å². The maximum absolute atomic E-state index is 13.4. The minimum Gasteiger partial charge on any atom is -0.477 e. The lowest BCUT2D eigenvalue weighted by Gasteiger charge is -2.22. The molecule has 0 aliphatic rings. The molecule has 1 aromatic carbocycles. The molecule has 1 N–H and O–H groups in total. The normalized spacial score (nSPS) is 14.2. The monoisotopic (exact) mass is 280 g/mol. The topological polar surface area (TPSA) is 80.7 Å². The average molecular weight is 280 g/mol. The van der Waals surface area contributed by atoms with E-state index in [1.54, 1.807) is 0 Å². The van der Waals surface area contributed by atoms with E-state index in [0.717, 1.165) is 12.1 Å². The zero-order valence-electron chi connectivity index (χ0n) is 9.21. The summed E-state index contributed by atoms with van der Waals surface area (Å²) < 4.78 is 52.9. The van der Waals surface area contributed by atoms with Gasteiger partial charge in [0.25, 0.3) is 10.1 Å². The lowest BCUT2D eigenvalue weighted by atomic mass is 10.0. The van der Waals surface area contributed by atoms with Crippen LogP contribution < -0.4 is 0 Å². The molecule has 0 bridgehead atoms. The second-order valence-corrected chi connectivity index (χ2v) is 5.12. The summed E-state index contributed by atoms with van der Waals surface area (Å²) in [4.78, 5) is 10.5. The zero-order chi connectivity index (χ0) is 14.0. The van der Waals surface area contributed by atoms with Crippen molar-refractivity contribution in [2.75, 3.05) is 6.26 Å². The van der Waals surface area contributed by atoms with Crippen molar-refractivity contribution in [2.24, 2.45) is 0 Å². The molecule has 0 fully saturated rings. The predicted molar refractivity (Wildman–Crippen MR) is 57.7 cm³/mol.